The number of benzene rings is 1. The van der Waals surface area contributed by atoms with Crippen LogP contribution in [0.5, 0.6) is 5.75 Å². The molecule has 2 N–H and O–H groups in total. The first kappa shape index (κ1) is 14.5. The molecule has 1 saturated heterocycles. The molecule has 0 radical (unpaired) electrons. The Hall–Kier alpha value is -1.91. The Kier molecular flexibility index (Phi) is 4.71. The molecule has 1 fully saturated rings. The Labute approximate surface area is 119 Å². The number of aromatic hydroxyl groups is 1. The number of amides is 1. The zero-order chi connectivity index (χ0) is 14.5. The van der Waals surface area contributed by atoms with Gasteiger partial charge in [-0.25, -0.2) is 4.79 Å². The van der Waals surface area contributed by atoms with E-state index >= 15 is 0 Å². The van der Waals surface area contributed by atoms with Gasteiger partial charge in [0.1, 0.15) is 5.75 Å². The molecule has 1 amide bonds. The van der Waals surface area contributed by atoms with E-state index in [0.29, 0.717) is 25.7 Å². The van der Waals surface area contributed by atoms with Crippen LogP contribution in [0.3, 0.4) is 0 Å². The summed E-state index contributed by atoms with van der Waals surface area (Å²) in [6.45, 7) is 5.64. The molecule has 0 unspecified atom stereocenters. The molecule has 1 aromatic rings. The zero-order valence-corrected chi connectivity index (χ0v) is 12.1. The van der Waals surface area contributed by atoms with Crippen molar-refractivity contribution in [3.05, 3.63) is 23.8 Å². The number of aryl methyl sites for hydroxylation is 1. The predicted octanol–water partition coefficient (Wildman–Crippen LogP) is 2.73. The van der Waals surface area contributed by atoms with Crippen LogP contribution in [0.1, 0.15) is 25.3 Å². The highest BCUT2D eigenvalue weighted by molar-refractivity contribution is 5.67. The van der Waals surface area contributed by atoms with Gasteiger partial charge in [0.2, 0.25) is 0 Å². The maximum absolute atomic E-state index is 11.6. The number of carbonyl (C=O) groups is 1. The number of piperidine rings is 1. The minimum atomic E-state index is -0.216. The molecule has 5 nitrogen and oxygen atoms in total. The van der Waals surface area contributed by atoms with Gasteiger partial charge in [0.15, 0.2) is 0 Å². The predicted molar refractivity (Wildman–Crippen MR) is 78.1 cm³/mol. The molecule has 0 bridgehead atoms. The molecule has 5 heteroatoms. The van der Waals surface area contributed by atoms with Crippen LogP contribution in [0.25, 0.3) is 0 Å². The van der Waals surface area contributed by atoms with Gasteiger partial charge in [-0.2, -0.15) is 0 Å². The highest BCUT2D eigenvalue weighted by Gasteiger charge is 2.23. The summed E-state index contributed by atoms with van der Waals surface area (Å²) in [4.78, 5) is 13.4. The van der Waals surface area contributed by atoms with E-state index in [1.165, 1.54) is 0 Å². The number of ether oxygens (including phenoxy) is 1. The Balaban J connectivity index is 1.86. The maximum atomic E-state index is 11.6. The normalized spacial score (nSPS) is 16.0. The fourth-order valence-electron chi connectivity index (χ4n) is 2.45. The first-order valence-corrected chi connectivity index (χ1v) is 7.08. The number of phenolic OH excluding ortho intramolecular Hbond substituents is 1. The molecule has 110 valence electrons. The second-order valence-electron chi connectivity index (χ2n) is 5.10. The minimum Gasteiger partial charge on any atom is -0.508 e. The van der Waals surface area contributed by atoms with Crippen LogP contribution in [-0.4, -0.2) is 41.8 Å². The molecule has 0 aliphatic carbocycles. The van der Waals surface area contributed by atoms with Gasteiger partial charge in [-0.3, -0.25) is 0 Å². The molecule has 0 aromatic heterocycles. The second-order valence-corrected chi connectivity index (χ2v) is 5.10. The Bertz CT molecular complexity index is 468. The van der Waals surface area contributed by atoms with Crippen LogP contribution in [-0.2, 0) is 4.74 Å². The molecular weight excluding hydrogens is 256 g/mol. The average molecular weight is 278 g/mol. The molecule has 1 aliphatic heterocycles. The van der Waals surface area contributed by atoms with Crippen molar-refractivity contribution in [3.63, 3.8) is 0 Å². The number of anilines is 1. The van der Waals surface area contributed by atoms with Gasteiger partial charge in [0.05, 0.1) is 6.61 Å². The van der Waals surface area contributed by atoms with Gasteiger partial charge in [0, 0.05) is 24.8 Å². The van der Waals surface area contributed by atoms with E-state index in [4.69, 9.17) is 4.74 Å². The molecule has 0 atom stereocenters. The average Bonchev–Trinajstić information content (AvgIpc) is 2.43. The summed E-state index contributed by atoms with van der Waals surface area (Å²) < 4.78 is 5.01. The fraction of sp³-hybridized carbons (Fsp3) is 0.533. The van der Waals surface area contributed by atoms with Crippen molar-refractivity contribution in [1.29, 1.82) is 0 Å². The summed E-state index contributed by atoms with van der Waals surface area (Å²) in [5.41, 5.74) is 2.07. The lowest BCUT2D eigenvalue weighted by Crippen LogP contribution is -2.42. The van der Waals surface area contributed by atoms with Crippen molar-refractivity contribution in [2.24, 2.45) is 0 Å². The van der Waals surface area contributed by atoms with E-state index in [1.807, 2.05) is 19.9 Å². The summed E-state index contributed by atoms with van der Waals surface area (Å²) in [6, 6.07) is 5.67. The number of rotatable bonds is 3. The highest BCUT2D eigenvalue weighted by atomic mass is 16.6. The largest absolute Gasteiger partial charge is 0.508 e. The SMILES string of the molecule is CCOC(=O)N1CCC(Nc2ccc(O)cc2C)CC1. The molecular formula is C15H22N2O3. The minimum absolute atomic E-state index is 0.216. The van der Waals surface area contributed by atoms with Gasteiger partial charge in [-0.1, -0.05) is 0 Å². The van der Waals surface area contributed by atoms with Crippen molar-refractivity contribution in [1.82, 2.24) is 4.90 Å². The number of hydrogen-bond donors (Lipinski definition) is 2. The molecule has 0 saturated carbocycles. The van der Waals surface area contributed by atoms with E-state index in [0.717, 1.165) is 24.1 Å². The van der Waals surface area contributed by atoms with Crippen LogP contribution >= 0.6 is 0 Å². The third-order valence-electron chi connectivity index (χ3n) is 3.59. The summed E-state index contributed by atoms with van der Waals surface area (Å²) in [5.74, 6) is 0.283. The Morgan fingerprint density at radius 1 is 1.45 bits per heavy atom. The van der Waals surface area contributed by atoms with Crippen molar-refractivity contribution in [2.45, 2.75) is 32.7 Å². The van der Waals surface area contributed by atoms with Crippen LogP contribution < -0.4 is 5.32 Å². The molecule has 0 spiro atoms. The molecule has 2 rings (SSSR count). The smallest absolute Gasteiger partial charge is 0.409 e. The number of hydrogen-bond acceptors (Lipinski definition) is 4. The monoisotopic (exact) mass is 278 g/mol. The number of nitrogens with zero attached hydrogens (tertiary/aromatic N) is 1. The van der Waals surface area contributed by atoms with E-state index in [2.05, 4.69) is 5.32 Å². The van der Waals surface area contributed by atoms with Crippen molar-refractivity contribution >= 4 is 11.8 Å². The number of phenols is 1. The van der Waals surface area contributed by atoms with Crippen LogP contribution in [0.2, 0.25) is 0 Å². The van der Waals surface area contributed by atoms with E-state index in [-0.39, 0.29) is 11.8 Å². The van der Waals surface area contributed by atoms with E-state index in [1.54, 1.807) is 17.0 Å². The lowest BCUT2D eigenvalue weighted by Gasteiger charge is -2.32. The summed E-state index contributed by atoms with van der Waals surface area (Å²) in [7, 11) is 0. The topological polar surface area (TPSA) is 61.8 Å². The van der Waals surface area contributed by atoms with Crippen LogP contribution in [0, 0.1) is 6.92 Å². The first-order chi connectivity index (χ1) is 9.60. The van der Waals surface area contributed by atoms with Gasteiger partial charge in [0.25, 0.3) is 0 Å². The maximum Gasteiger partial charge on any atom is 0.409 e. The summed E-state index contributed by atoms with van der Waals surface area (Å²) in [5, 5.41) is 12.9. The van der Waals surface area contributed by atoms with Gasteiger partial charge in [-0.15, -0.1) is 0 Å². The molecule has 20 heavy (non-hydrogen) atoms. The Morgan fingerprint density at radius 3 is 2.75 bits per heavy atom. The molecule has 1 aromatic carbocycles. The first-order valence-electron chi connectivity index (χ1n) is 7.08. The highest BCUT2D eigenvalue weighted by Crippen LogP contribution is 2.23. The number of nitrogens with one attached hydrogen (secondary N) is 1. The quantitative estimate of drug-likeness (QED) is 0.835. The van der Waals surface area contributed by atoms with Gasteiger partial charge >= 0.3 is 6.09 Å². The number of carbonyl (C=O) groups excluding carboxylic acids is 1. The van der Waals surface area contributed by atoms with Gasteiger partial charge in [-0.05, 0) is 50.5 Å². The van der Waals surface area contributed by atoms with E-state index < -0.39 is 0 Å². The standard InChI is InChI=1S/C15H22N2O3/c1-3-20-15(19)17-8-6-12(7-9-17)16-14-5-4-13(18)10-11(14)2/h4-5,10,12,16,18H,3,6-9H2,1-2H3. The molecule has 1 heterocycles. The third-order valence-corrected chi connectivity index (χ3v) is 3.59. The van der Waals surface area contributed by atoms with E-state index in [9.17, 15) is 9.90 Å². The lowest BCUT2D eigenvalue weighted by atomic mass is 10.0. The van der Waals surface area contributed by atoms with Gasteiger partial charge < -0.3 is 20.1 Å². The number of likely N-dealkylation sites (tertiary alicyclic amines) is 1. The van der Waals surface area contributed by atoms with Crippen molar-refractivity contribution in [2.75, 3.05) is 25.0 Å². The fourth-order valence-corrected chi connectivity index (χ4v) is 2.45. The summed E-state index contributed by atoms with van der Waals surface area (Å²) >= 11 is 0. The Morgan fingerprint density at radius 2 is 2.15 bits per heavy atom. The molecule has 1 aliphatic rings. The third kappa shape index (κ3) is 3.56. The van der Waals surface area contributed by atoms with Crippen LogP contribution in [0.4, 0.5) is 10.5 Å². The van der Waals surface area contributed by atoms with Crippen molar-refractivity contribution in [3.8, 4) is 5.75 Å². The second kappa shape index (κ2) is 6.50. The summed E-state index contributed by atoms with van der Waals surface area (Å²) in [6.07, 6.45) is 1.59. The zero-order valence-electron chi connectivity index (χ0n) is 12.1. The lowest BCUT2D eigenvalue weighted by molar-refractivity contribution is 0.0983. The van der Waals surface area contributed by atoms with Crippen LogP contribution in [0.15, 0.2) is 18.2 Å². The van der Waals surface area contributed by atoms with Crippen molar-refractivity contribution < 1.29 is 14.6 Å².